The first-order valence-corrected chi connectivity index (χ1v) is 26.9. The zero-order valence-corrected chi connectivity index (χ0v) is 45.0. The first kappa shape index (κ1) is 55.0. The van der Waals surface area contributed by atoms with E-state index in [-0.39, 0.29) is 53.1 Å². The summed E-state index contributed by atoms with van der Waals surface area (Å²) in [5.74, 6) is 2.51. The van der Waals surface area contributed by atoms with Crippen LogP contribution in [-0.2, 0) is 29.7 Å². The molecule has 7 N–H and O–H groups in total. The molecule has 0 bridgehead atoms. The van der Waals surface area contributed by atoms with E-state index in [1.807, 2.05) is 52.8 Å². The summed E-state index contributed by atoms with van der Waals surface area (Å²) in [5, 5.41) is 76.2. The average Bonchev–Trinajstić information content (AvgIpc) is 3.69. The van der Waals surface area contributed by atoms with Gasteiger partial charge in [-0.05, 0) is 190 Å². The molecular formula is C61H84O11. The Kier molecular flexibility index (Phi) is 15.9. The van der Waals surface area contributed by atoms with Crippen LogP contribution >= 0.6 is 0 Å². The summed E-state index contributed by atoms with van der Waals surface area (Å²) in [6.07, 6.45) is 13.9. The molecule has 8 atom stereocenters. The van der Waals surface area contributed by atoms with Crippen LogP contribution in [0.5, 0.6) is 34.5 Å². The Bertz CT molecular complexity index is 2600. The van der Waals surface area contributed by atoms with E-state index in [0.717, 1.165) is 115 Å². The molecule has 1 fully saturated rings. The van der Waals surface area contributed by atoms with Crippen LogP contribution in [0.4, 0.5) is 0 Å². The van der Waals surface area contributed by atoms with E-state index in [2.05, 4.69) is 33.4 Å². The maximum absolute atomic E-state index is 12.8. The van der Waals surface area contributed by atoms with Gasteiger partial charge >= 0.3 is 0 Å². The summed E-state index contributed by atoms with van der Waals surface area (Å²) in [7, 11) is 0. The molecule has 394 valence electrons. The van der Waals surface area contributed by atoms with Gasteiger partial charge in [-0.25, -0.2) is 0 Å². The highest BCUT2D eigenvalue weighted by Gasteiger charge is 2.69. The highest BCUT2D eigenvalue weighted by molar-refractivity contribution is 6.25. The van der Waals surface area contributed by atoms with Crippen LogP contribution in [0.3, 0.4) is 0 Å². The van der Waals surface area contributed by atoms with E-state index in [4.69, 9.17) is 14.2 Å². The van der Waals surface area contributed by atoms with Gasteiger partial charge in [0, 0.05) is 23.0 Å². The Hall–Kier alpha value is -4.81. The lowest BCUT2D eigenvalue weighted by Crippen LogP contribution is -2.74. The minimum absolute atomic E-state index is 0.00839. The number of aryl methyl sites for hydroxylation is 3. The fourth-order valence-electron chi connectivity index (χ4n) is 12.5. The third kappa shape index (κ3) is 9.96. The van der Waals surface area contributed by atoms with Gasteiger partial charge in [0.1, 0.15) is 51.8 Å². The van der Waals surface area contributed by atoms with Crippen LogP contribution in [0.1, 0.15) is 193 Å². The number of benzene rings is 3. The number of aliphatic hydroxyl groups is 4. The molecule has 3 aliphatic heterocycles. The van der Waals surface area contributed by atoms with Crippen molar-refractivity contribution in [1.82, 2.24) is 0 Å². The average molecular weight is 993 g/mol. The van der Waals surface area contributed by atoms with E-state index in [9.17, 15) is 40.5 Å². The number of rotatable bonds is 11. The fourth-order valence-corrected chi connectivity index (χ4v) is 12.5. The van der Waals surface area contributed by atoms with Crippen LogP contribution in [0, 0.1) is 11.8 Å². The molecule has 3 aliphatic carbocycles. The van der Waals surface area contributed by atoms with Crippen molar-refractivity contribution in [1.29, 1.82) is 0 Å². The second kappa shape index (κ2) is 20.8. The van der Waals surface area contributed by atoms with E-state index >= 15 is 0 Å². The van der Waals surface area contributed by atoms with E-state index in [0.29, 0.717) is 34.8 Å². The second-order valence-corrected chi connectivity index (χ2v) is 23.2. The van der Waals surface area contributed by atoms with E-state index < -0.39 is 34.1 Å². The van der Waals surface area contributed by atoms with Crippen molar-refractivity contribution >= 4 is 11.4 Å². The van der Waals surface area contributed by atoms with Crippen LogP contribution < -0.4 is 14.2 Å². The Morgan fingerprint density at radius 1 is 0.750 bits per heavy atom. The Balaban J connectivity index is 0.000000159. The Labute approximate surface area is 428 Å². The molecule has 72 heavy (non-hydrogen) atoms. The number of hydrogen-bond acceptors (Lipinski definition) is 11. The number of aromatic hydroxyl groups is 3. The third-order valence-electron chi connectivity index (χ3n) is 16.6. The lowest BCUT2D eigenvalue weighted by atomic mass is 9.60. The van der Waals surface area contributed by atoms with Crippen molar-refractivity contribution in [2.75, 3.05) is 0 Å². The number of carbonyl (C=O) groups excluding carboxylic acids is 1. The van der Waals surface area contributed by atoms with Gasteiger partial charge in [0.25, 0.3) is 0 Å². The van der Waals surface area contributed by atoms with Crippen molar-refractivity contribution in [2.45, 2.75) is 219 Å². The molecule has 1 saturated carbocycles. The second-order valence-electron chi connectivity index (χ2n) is 23.2. The first-order chi connectivity index (χ1) is 33.8. The van der Waals surface area contributed by atoms with Gasteiger partial charge in [-0.3, -0.25) is 4.79 Å². The number of unbranched alkanes of at least 4 members (excludes halogenated alkanes) is 4. The molecular weight excluding hydrogens is 909 g/mol. The zero-order valence-electron chi connectivity index (χ0n) is 45.0. The highest BCUT2D eigenvalue weighted by Crippen LogP contribution is 2.59. The molecule has 3 heterocycles. The SMILES string of the molecule is C=C(C)[C@@H]1CC[C@](C)(O)[C@H]2Oc3cc(CCCCC)cc(O)c3[C@@H]12.CCCCc1cc(O)c2c(c1)OC(C)(C)C1(O)C(O)CC(C)=CC21O.CCCCc1cc(O)c2c(c1)OC(C)(C)C1=C2C(=O)C(C)CC1. The molecule has 6 aliphatic rings. The predicted octanol–water partition coefficient (Wildman–Crippen LogP) is 11.9. The van der Waals surface area contributed by atoms with E-state index in [1.165, 1.54) is 18.9 Å². The largest absolute Gasteiger partial charge is 0.508 e. The predicted molar refractivity (Wildman–Crippen MR) is 283 cm³/mol. The normalized spacial score (nSPS) is 29.1. The van der Waals surface area contributed by atoms with Crippen LogP contribution in [0.25, 0.3) is 5.57 Å². The lowest BCUT2D eigenvalue weighted by Gasteiger charge is -2.58. The Morgan fingerprint density at radius 3 is 1.93 bits per heavy atom. The molecule has 0 spiro atoms. The van der Waals surface area contributed by atoms with Gasteiger partial charge in [-0.1, -0.05) is 71.1 Å². The number of Topliss-reactive ketones (excluding diaryl/α,β-unsaturated/α-hetero) is 1. The van der Waals surface area contributed by atoms with Gasteiger partial charge in [0.15, 0.2) is 17.0 Å². The number of carbonyl (C=O) groups is 1. The number of hydrogen-bond donors (Lipinski definition) is 7. The number of aliphatic hydroxyl groups excluding tert-OH is 1. The maximum Gasteiger partial charge on any atom is 0.166 e. The molecule has 11 heteroatoms. The molecule has 0 aromatic heterocycles. The number of allylic oxidation sites excluding steroid dienone is 2. The summed E-state index contributed by atoms with van der Waals surface area (Å²) >= 11 is 0. The van der Waals surface area contributed by atoms with Gasteiger partial charge in [-0.2, -0.15) is 0 Å². The van der Waals surface area contributed by atoms with Gasteiger partial charge in [0.05, 0.1) is 22.8 Å². The Morgan fingerprint density at radius 2 is 1.32 bits per heavy atom. The van der Waals surface area contributed by atoms with Crippen molar-refractivity contribution in [3.8, 4) is 34.5 Å². The zero-order chi connectivity index (χ0) is 52.9. The van der Waals surface area contributed by atoms with Crippen LogP contribution in [-0.4, -0.2) is 76.1 Å². The van der Waals surface area contributed by atoms with Gasteiger partial charge < -0.3 is 50.0 Å². The molecule has 11 nitrogen and oxygen atoms in total. The lowest BCUT2D eigenvalue weighted by molar-refractivity contribution is -0.272. The monoisotopic (exact) mass is 993 g/mol. The minimum atomic E-state index is -1.98. The summed E-state index contributed by atoms with van der Waals surface area (Å²) < 4.78 is 18.4. The smallest absolute Gasteiger partial charge is 0.166 e. The van der Waals surface area contributed by atoms with Crippen molar-refractivity contribution in [3.05, 3.63) is 99.2 Å². The maximum atomic E-state index is 12.8. The first-order valence-electron chi connectivity index (χ1n) is 26.9. The summed E-state index contributed by atoms with van der Waals surface area (Å²) in [5.41, 5.74) is 1.76. The number of ether oxygens (including phenoxy) is 3. The number of fused-ring (bicyclic) bond motifs is 8. The summed E-state index contributed by atoms with van der Waals surface area (Å²) in [6.45, 7) is 25.6. The molecule has 0 saturated heterocycles. The molecule has 0 amide bonds. The molecule has 0 radical (unpaired) electrons. The molecule has 4 unspecified atom stereocenters. The number of phenols is 3. The quantitative estimate of drug-likeness (QED) is 0.0716. The van der Waals surface area contributed by atoms with Crippen molar-refractivity contribution < 1.29 is 54.8 Å². The molecule has 3 aromatic rings. The number of phenolic OH excluding ortho intramolecular Hbond substituents is 3. The topological polar surface area (TPSA) is 186 Å². The van der Waals surface area contributed by atoms with Crippen LogP contribution in [0.15, 0.2) is 65.8 Å². The van der Waals surface area contributed by atoms with Crippen LogP contribution in [0.2, 0.25) is 0 Å². The van der Waals surface area contributed by atoms with Crippen molar-refractivity contribution in [3.63, 3.8) is 0 Å². The molecule has 3 aromatic carbocycles. The molecule has 9 rings (SSSR count). The third-order valence-corrected chi connectivity index (χ3v) is 16.6. The van der Waals surface area contributed by atoms with Gasteiger partial charge in [0.2, 0.25) is 0 Å². The van der Waals surface area contributed by atoms with Crippen molar-refractivity contribution in [2.24, 2.45) is 11.8 Å². The minimum Gasteiger partial charge on any atom is -0.508 e. The van der Waals surface area contributed by atoms with Gasteiger partial charge in [-0.15, -0.1) is 0 Å². The summed E-state index contributed by atoms with van der Waals surface area (Å²) in [4.78, 5) is 12.8. The standard InChI is InChI=1S/C21H30O3.C20H28O5.C20H26O3/c1-5-6-7-8-14-11-16(22)19-17(12-14)24-20-18(19)15(13(2)3)9-10-21(20,4)23;1-5-6-7-13-9-14(21)17-15(10-13)25-18(3,4)20(24)16(22)8-12(2)11-19(17,20)23;1-5-6-7-13-10-15(21)18-16(11-13)23-20(3,4)14-9-8-12(2)19(22)17(14)18/h11-12,15,18,20,22-23H,2,5-10H2,1,3-4H3;9-11,16,21-24H,5-8H2,1-4H3;10-12,21H,5-9H2,1-4H3/t15-,18+,20-,21-;;/m0../s1. The highest BCUT2D eigenvalue weighted by atomic mass is 16.5. The summed E-state index contributed by atoms with van der Waals surface area (Å²) in [6, 6.07) is 11.2. The fraction of sp³-hybridized carbons (Fsp3) is 0.590. The van der Waals surface area contributed by atoms with E-state index in [1.54, 1.807) is 32.9 Å². The number of ketones is 1.